The second kappa shape index (κ2) is 22.8. The molecule has 0 aliphatic carbocycles. The van der Waals surface area contributed by atoms with Crippen molar-refractivity contribution in [3.05, 3.63) is 177 Å². The number of anilines is 2. The number of carbonyl (C=O) groups excluding carboxylic acids is 4. The number of non-ortho nitro benzene ring substituents is 1. The Morgan fingerprint density at radius 3 is 1.34 bits per heavy atom. The van der Waals surface area contributed by atoms with E-state index >= 15 is 0 Å². The van der Waals surface area contributed by atoms with Crippen LogP contribution >= 0.6 is 0 Å². The summed E-state index contributed by atoms with van der Waals surface area (Å²) in [6.45, 7) is -0.290. The van der Waals surface area contributed by atoms with E-state index in [4.69, 9.17) is 28.4 Å². The number of nitro benzene ring substituents is 1. The van der Waals surface area contributed by atoms with Gasteiger partial charge >= 0.3 is 24.5 Å². The fourth-order valence-electron chi connectivity index (χ4n) is 5.21. The predicted molar refractivity (Wildman–Crippen MR) is 216 cm³/mol. The fourth-order valence-corrected chi connectivity index (χ4v) is 5.21. The molecule has 0 bridgehead atoms. The van der Waals surface area contributed by atoms with Gasteiger partial charge in [-0.1, -0.05) is 84.9 Å². The molecule has 0 aliphatic heterocycles. The van der Waals surface area contributed by atoms with Crippen molar-refractivity contribution in [1.82, 2.24) is 0 Å². The third-order valence-corrected chi connectivity index (χ3v) is 8.27. The summed E-state index contributed by atoms with van der Waals surface area (Å²) in [6, 6.07) is 37.9. The van der Waals surface area contributed by atoms with Crippen LogP contribution in [0.15, 0.2) is 139 Å². The maximum atomic E-state index is 12.7. The lowest BCUT2D eigenvalue weighted by Crippen LogP contribution is -2.19. The molecule has 0 spiro atoms. The van der Waals surface area contributed by atoms with E-state index in [0.717, 1.165) is 11.1 Å². The van der Waals surface area contributed by atoms with E-state index in [1.165, 1.54) is 24.3 Å². The van der Waals surface area contributed by atoms with Crippen LogP contribution in [0.25, 0.3) is 6.08 Å². The molecule has 2 amide bonds. The van der Waals surface area contributed by atoms with Crippen molar-refractivity contribution in [3.8, 4) is 0 Å². The number of nitro groups is 1. The molecule has 15 heteroatoms. The Labute approximate surface area is 339 Å². The van der Waals surface area contributed by atoms with Crippen LogP contribution < -0.4 is 10.6 Å². The Kier molecular flexibility index (Phi) is 16.4. The van der Waals surface area contributed by atoms with Gasteiger partial charge in [0.2, 0.25) is 0 Å². The molecule has 59 heavy (non-hydrogen) atoms. The van der Waals surface area contributed by atoms with Gasteiger partial charge in [0.15, 0.2) is 0 Å². The van der Waals surface area contributed by atoms with Crippen molar-refractivity contribution >= 4 is 47.6 Å². The number of hydrogen-bond acceptors (Lipinski definition) is 12. The van der Waals surface area contributed by atoms with Crippen molar-refractivity contribution in [2.24, 2.45) is 0 Å². The molecule has 0 aliphatic rings. The van der Waals surface area contributed by atoms with Crippen molar-refractivity contribution in [2.45, 2.75) is 26.1 Å². The fraction of sp³-hybridized carbons (Fsp3) is 0.182. The highest BCUT2D eigenvalue weighted by Gasteiger charge is 2.12. The molecule has 0 radical (unpaired) electrons. The summed E-state index contributed by atoms with van der Waals surface area (Å²) in [5.41, 5.74) is 4.97. The van der Waals surface area contributed by atoms with Gasteiger partial charge < -0.3 is 28.4 Å². The van der Waals surface area contributed by atoms with Crippen LogP contribution in [0.3, 0.4) is 0 Å². The van der Waals surface area contributed by atoms with Gasteiger partial charge in [-0.2, -0.15) is 0 Å². The standard InChI is InChI=1S/C44H41N3O12/c48-41(45-38-17-11-35(12-18-38)28-58-43(50)54-25-23-32-7-3-1-4-8-32)56-30-37(27-34-15-21-40(22-16-34)47(52)53)31-57-42(49)46-39-19-13-36(14-20-39)29-59-44(51)55-26-24-33-9-5-2-6-10-33/h1-22,27H,23-26,28-31H2,(H,45,48)(H,46,49). The third-order valence-electron chi connectivity index (χ3n) is 8.27. The summed E-state index contributed by atoms with van der Waals surface area (Å²) >= 11 is 0. The predicted octanol–water partition coefficient (Wildman–Crippen LogP) is 9.27. The number of benzene rings is 5. The number of carbonyl (C=O) groups is 4. The molecule has 0 saturated carbocycles. The van der Waals surface area contributed by atoms with E-state index < -0.39 is 29.4 Å². The molecular formula is C44H41N3O12. The van der Waals surface area contributed by atoms with Crippen LogP contribution in [0.5, 0.6) is 0 Å². The summed E-state index contributed by atoms with van der Waals surface area (Å²) in [4.78, 5) is 59.9. The van der Waals surface area contributed by atoms with E-state index in [1.54, 1.807) is 54.6 Å². The van der Waals surface area contributed by atoms with E-state index in [-0.39, 0.29) is 45.3 Å². The second-order valence-corrected chi connectivity index (χ2v) is 12.7. The minimum absolute atomic E-state index is 0.0340. The number of nitrogens with one attached hydrogen (secondary N) is 2. The van der Waals surface area contributed by atoms with Gasteiger partial charge in [-0.05, 0) is 70.3 Å². The number of ether oxygens (including phenoxy) is 6. The normalized spacial score (nSPS) is 10.3. The van der Waals surface area contributed by atoms with E-state index in [2.05, 4.69) is 10.6 Å². The number of rotatable bonds is 18. The van der Waals surface area contributed by atoms with Gasteiger partial charge in [-0.25, -0.2) is 19.2 Å². The Hall–Kier alpha value is -7.68. The SMILES string of the molecule is O=C(Nc1ccc(COC(=O)OCCc2ccccc2)cc1)OCC(=Cc1ccc([N+](=O)[O-])cc1)COC(=O)Nc1ccc(COC(=O)OCCc2ccccc2)cc1. The summed E-state index contributed by atoms with van der Waals surface area (Å²) in [6.07, 6.45) is -0.493. The van der Waals surface area contributed by atoms with Crippen LogP contribution in [0, 0.1) is 10.1 Å². The summed E-state index contributed by atoms with van der Waals surface area (Å²) in [5, 5.41) is 16.3. The molecule has 5 aromatic carbocycles. The van der Waals surface area contributed by atoms with Crippen LogP contribution in [0.1, 0.15) is 27.8 Å². The number of hydrogen-bond donors (Lipinski definition) is 2. The number of nitrogens with zero attached hydrogens (tertiary/aromatic N) is 1. The van der Waals surface area contributed by atoms with Gasteiger partial charge in [0.1, 0.15) is 26.4 Å². The molecule has 2 N–H and O–H groups in total. The van der Waals surface area contributed by atoms with Crippen molar-refractivity contribution in [1.29, 1.82) is 0 Å². The summed E-state index contributed by atoms with van der Waals surface area (Å²) < 4.78 is 31.4. The molecule has 0 atom stereocenters. The van der Waals surface area contributed by atoms with E-state index in [0.29, 0.717) is 46.5 Å². The first kappa shape index (κ1) is 42.5. The Bertz CT molecular complexity index is 2040. The minimum atomic E-state index is -0.806. The smallest absolute Gasteiger partial charge is 0.445 e. The molecule has 0 aromatic heterocycles. The molecule has 304 valence electrons. The zero-order valence-electron chi connectivity index (χ0n) is 31.8. The lowest BCUT2D eigenvalue weighted by molar-refractivity contribution is -0.384. The van der Waals surface area contributed by atoms with Gasteiger partial charge in [0, 0.05) is 41.9 Å². The van der Waals surface area contributed by atoms with Crippen molar-refractivity contribution in [3.63, 3.8) is 0 Å². The van der Waals surface area contributed by atoms with E-state index in [9.17, 15) is 29.3 Å². The zero-order valence-corrected chi connectivity index (χ0v) is 31.8. The first-order chi connectivity index (χ1) is 28.7. The quantitative estimate of drug-likeness (QED) is 0.0370. The zero-order chi connectivity index (χ0) is 41.7. The molecule has 5 aromatic rings. The van der Waals surface area contributed by atoms with Crippen LogP contribution in [0.2, 0.25) is 0 Å². The lowest BCUT2D eigenvalue weighted by Gasteiger charge is -2.12. The van der Waals surface area contributed by atoms with Gasteiger partial charge in [-0.15, -0.1) is 0 Å². The second-order valence-electron chi connectivity index (χ2n) is 12.7. The third kappa shape index (κ3) is 15.8. The largest absolute Gasteiger partial charge is 0.508 e. The lowest BCUT2D eigenvalue weighted by atomic mass is 10.1. The molecule has 0 fully saturated rings. The molecule has 5 rings (SSSR count). The first-order valence-electron chi connectivity index (χ1n) is 18.3. The molecule has 15 nitrogen and oxygen atoms in total. The maximum absolute atomic E-state index is 12.7. The molecular weight excluding hydrogens is 762 g/mol. The summed E-state index contributed by atoms with van der Waals surface area (Å²) in [7, 11) is 0. The van der Waals surface area contributed by atoms with E-state index in [1.807, 2.05) is 60.7 Å². The topological polar surface area (TPSA) is 191 Å². The van der Waals surface area contributed by atoms with Gasteiger partial charge in [0.05, 0.1) is 18.1 Å². The molecule has 0 saturated heterocycles. The average molecular weight is 804 g/mol. The van der Waals surface area contributed by atoms with Crippen LogP contribution in [0.4, 0.5) is 36.2 Å². The highest BCUT2D eigenvalue weighted by atomic mass is 16.7. The summed E-state index contributed by atoms with van der Waals surface area (Å²) in [5.74, 6) is 0. The van der Waals surface area contributed by atoms with Gasteiger partial charge in [-0.3, -0.25) is 20.7 Å². The molecule has 0 unspecified atom stereocenters. The van der Waals surface area contributed by atoms with Crippen LogP contribution in [-0.4, -0.2) is 55.8 Å². The first-order valence-corrected chi connectivity index (χ1v) is 18.3. The number of amides is 2. The average Bonchev–Trinajstić information content (AvgIpc) is 3.25. The monoisotopic (exact) mass is 803 g/mol. The van der Waals surface area contributed by atoms with Crippen LogP contribution in [-0.2, 0) is 54.5 Å². The Balaban J connectivity index is 1.06. The van der Waals surface area contributed by atoms with Gasteiger partial charge in [0.25, 0.3) is 5.69 Å². The van der Waals surface area contributed by atoms with Crippen molar-refractivity contribution in [2.75, 3.05) is 37.1 Å². The van der Waals surface area contributed by atoms with Crippen molar-refractivity contribution < 1.29 is 52.5 Å². The highest BCUT2D eigenvalue weighted by molar-refractivity contribution is 5.85. The molecule has 0 heterocycles. The Morgan fingerprint density at radius 1 is 0.508 bits per heavy atom. The Morgan fingerprint density at radius 2 is 0.932 bits per heavy atom. The minimum Gasteiger partial charge on any atom is -0.445 e. The maximum Gasteiger partial charge on any atom is 0.508 e. The highest BCUT2D eigenvalue weighted by Crippen LogP contribution is 2.17.